The second kappa shape index (κ2) is 6.79. The lowest BCUT2D eigenvalue weighted by molar-refractivity contribution is 0.317. The molecular formula is C17H19NO3. The summed E-state index contributed by atoms with van der Waals surface area (Å²) in [6, 6.07) is 15.6. The van der Waals surface area contributed by atoms with E-state index in [1.807, 2.05) is 48.5 Å². The van der Waals surface area contributed by atoms with Crippen LogP contribution in [0.2, 0.25) is 0 Å². The topological polar surface area (TPSA) is 51.0 Å². The highest BCUT2D eigenvalue weighted by atomic mass is 16.5. The average Bonchev–Trinajstić information content (AvgIpc) is 2.55. The third-order valence-corrected chi connectivity index (χ3v) is 3.45. The molecule has 0 radical (unpaired) electrons. The van der Waals surface area contributed by atoms with E-state index < -0.39 is 0 Å². The Morgan fingerprint density at radius 2 is 1.62 bits per heavy atom. The molecule has 0 spiro atoms. The summed E-state index contributed by atoms with van der Waals surface area (Å²) in [4.78, 5) is 0. The van der Waals surface area contributed by atoms with Gasteiger partial charge in [-0.05, 0) is 30.2 Å². The maximum Gasteiger partial charge on any atom is 0.161 e. The number of rotatable bonds is 5. The fourth-order valence-electron chi connectivity index (χ4n) is 2.41. The highest BCUT2D eigenvalue weighted by Gasteiger charge is 2.19. The zero-order valence-corrected chi connectivity index (χ0v) is 12.4. The highest BCUT2D eigenvalue weighted by Crippen LogP contribution is 2.34. The molecule has 2 aromatic rings. The van der Waals surface area contributed by atoms with Crippen molar-refractivity contribution in [3.63, 3.8) is 0 Å². The Kier molecular flexibility index (Phi) is 4.82. The molecule has 110 valence electrons. The van der Waals surface area contributed by atoms with Crippen molar-refractivity contribution in [2.24, 2.45) is 5.16 Å². The summed E-state index contributed by atoms with van der Waals surface area (Å²) in [5.74, 6) is 1.20. The van der Waals surface area contributed by atoms with Crippen LogP contribution in [0.1, 0.15) is 24.0 Å². The van der Waals surface area contributed by atoms with Crippen LogP contribution in [-0.4, -0.2) is 25.1 Å². The molecule has 0 saturated heterocycles. The van der Waals surface area contributed by atoms with Gasteiger partial charge in [-0.15, -0.1) is 0 Å². The summed E-state index contributed by atoms with van der Waals surface area (Å²) in [5, 5.41) is 12.6. The van der Waals surface area contributed by atoms with E-state index in [1.165, 1.54) is 0 Å². The molecule has 1 N–H and O–H groups in total. The van der Waals surface area contributed by atoms with Gasteiger partial charge in [0.1, 0.15) is 0 Å². The van der Waals surface area contributed by atoms with Gasteiger partial charge < -0.3 is 14.7 Å². The number of oxime groups is 1. The third kappa shape index (κ3) is 3.16. The number of methoxy groups -OCH3 is 2. The Bertz CT molecular complexity index is 623. The molecule has 21 heavy (non-hydrogen) atoms. The molecule has 2 aromatic carbocycles. The van der Waals surface area contributed by atoms with E-state index in [4.69, 9.17) is 9.47 Å². The molecule has 1 atom stereocenters. The Balaban J connectivity index is 2.52. The first-order valence-corrected chi connectivity index (χ1v) is 6.66. The van der Waals surface area contributed by atoms with Crippen molar-refractivity contribution in [2.75, 3.05) is 14.2 Å². The Hall–Kier alpha value is -2.49. The van der Waals surface area contributed by atoms with Crippen LogP contribution in [0.3, 0.4) is 0 Å². The second-order valence-electron chi connectivity index (χ2n) is 4.70. The second-order valence-corrected chi connectivity index (χ2v) is 4.70. The predicted octanol–water partition coefficient (Wildman–Crippen LogP) is 3.69. The van der Waals surface area contributed by atoms with Crippen LogP contribution in [0.25, 0.3) is 0 Å². The molecular weight excluding hydrogens is 266 g/mol. The zero-order chi connectivity index (χ0) is 15.2. The van der Waals surface area contributed by atoms with Crippen LogP contribution in [-0.2, 0) is 0 Å². The van der Waals surface area contributed by atoms with Gasteiger partial charge in [0.15, 0.2) is 11.5 Å². The molecule has 2 rings (SSSR count). The van der Waals surface area contributed by atoms with Crippen LogP contribution in [0.4, 0.5) is 0 Å². The number of ether oxygens (including phenoxy) is 2. The quantitative estimate of drug-likeness (QED) is 0.518. The maximum atomic E-state index is 9.19. The number of hydrogen-bond donors (Lipinski definition) is 1. The largest absolute Gasteiger partial charge is 0.493 e. The third-order valence-electron chi connectivity index (χ3n) is 3.45. The van der Waals surface area contributed by atoms with Crippen LogP contribution in [0, 0.1) is 0 Å². The maximum absolute atomic E-state index is 9.19. The van der Waals surface area contributed by atoms with E-state index in [0.29, 0.717) is 17.2 Å². The van der Waals surface area contributed by atoms with Gasteiger partial charge in [0.25, 0.3) is 0 Å². The Labute approximate surface area is 124 Å². The van der Waals surface area contributed by atoms with E-state index in [1.54, 1.807) is 21.1 Å². The molecule has 0 aliphatic carbocycles. The number of benzene rings is 2. The molecule has 0 aromatic heterocycles. The lowest BCUT2D eigenvalue weighted by Crippen LogP contribution is -2.11. The van der Waals surface area contributed by atoms with E-state index in [2.05, 4.69) is 5.16 Å². The van der Waals surface area contributed by atoms with E-state index in [9.17, 15) is 5.21 Å². The van der Waals surface area contributed by atoms with Gasteiger partial charge in [-0.1, -0.05) is 41.6 Å². The fourth-order valence-corrected chi connectivity index (χ4v) is 2.41. The normalized spacial score (nSPS) is 12.8. The van der Waals surface area contributed by atoms with Gasteiger partial charge in [0.2, 0.25) is 0 Å². The summed E-state index contributed by atoms with van der Waals surface area (Å²) in [7, 11) is 3.21. The van der Waals surface area contributed by atoms with Gasteiger partial charge in [0.05, 0.1) is 25.8 Å². The standard InChI is InChI=1S/C17H19NO3/c1-12(18-19)17(13-7-5-4-6-8-13)14-9-10-15(20-2)16(11-14)21-3/h4-11,17,19H,1-3H3/b18-12+. The molecule has 0 saturated carbocycles. The number of hydrogen-bond acceptors (Lipinski definition) is 4. The smallest absolute Gasteiger partial charge is 0.161 e. The first-order chi connectivity index (χ1) is 10.2. The minimum atomic E-state index is -0.129. The van der Waals surface area contributed by atoms with Gasteiger partial charge in [0, 0.05) is 0 Å². The molecule has 0 fully saturated rings. The summed E-state index contributed by atoms with van der Waals surface area (Å²) in [6.07, 6.45) is 0. The summed E-state index contributed by atoms with van der Waals surface area (Å²) in [5.41, 5.74) is 2.66. The summed E-state index contributed by atoms with van der Waals surface area (Å²) in [6.45, 7) is 1.80. The predicted molar refractivity (Wildman–Crippen MR) is 82.7 cm³/mol. The lowest BCUT2D eigenvalue weighted by atomic mass is 9.87. The highest BCUT2D eigenvalue weighted by molar-refractivity contribution is 5.91. The first kappa shape index (κ1) is 14.9. The van der Waals surface area contributed by atoms with Crippen molar-refractivity contribution >= 4 is 5.71 Å². The van der Waals surface area contributed by atoms with Gasteiger partial charge >= 0.3 is 0 Å². The zero-order valence-electron chi connectivity index (χ0n) is 12.4. The van der Waals surface area contributed by atoms with Crippen molar-refractivity contribution in [3.8, 4) is 11.5 Å². The molecule has 0 heterocycles. The van der Waals surface area contributed by atoms with Crippen molar-refractivity contribution in [3.05, 3.63) is 59.7 Å². The van der Waals surface area contributed by atoms with Crippen molar-refractivity contribution in [2.45, 2.75) is 12.8 Å². The van der Waals surface area contributed by atoms with Crippen LogP contribution >= 0.6 is 0 Å². The molecule has 4 nitrogen and oxygen atoms in total. The molecule has 0 aliphatic heterocycles. The lowest BCUT2D eigenvalue weighted by Gasteiger charge is -2.18. The fraction of sp³-hybridized carbons (Fsp3) is 0.235. The van der Waals surface area contributed by atoms with E-state index in [0.717, 1.165) is 11.1 Å². The van der Waals surface area contributed by atoms with Crippen LogP contribution < -0.4 is 9.47 Å². The van der Waals surface area contributed by atoms with Crippen molar-refractivity contribution in [1.82, 2.24) is 0 Å². The first-order valence-electron chi connectivity index (χ1n) is 6.66. The van der Waals surface area contributed by atoms with Crippen LogP contribution in [0.15, 0.2) is 53.7 Å². The van der Waals surface area contributed by atoms with E-state index in [-0.39, 0.29) is 5.92 Å². The summed E-state index contributed by atoms with van der Waals surface area (Å²) < 4.78 is 10.6. The SMILES string of the molecule is COc1ccc(C(/C(C)=N/O)c2ccccc2)cc1OC. The Morgan fingerprint density at radius 1 is 0.952 bits per heavy atom. The van der Waals surface area contributed by atoms with Crippen molar-refractivity contribution < 1.29 is 14.7 Å². The molecule has 0 bridgehead atoms. The van der Waals surface area contributed by atoms with Gasteiger partial charge in [-0.2, -0.15) is 0 Å². The van der Waals surface area contributed by atoms with E-state index >= 15 is 0 Å². The minimum absolute atomic E-state index is 0.129. The average molecular weight is 285 g/mol. The summed E-state index contributed by atoms with van der Waals surface area (Å²) >= 11 is 0. The minimum Gasteiger partial charge on any atom is -0.493 e. The molecule has 0 aliphatic rings. The Morgan fingerprint density at radius 3 is 2.19 bits per heavy atom. The molecule has 1 unspecified atom stereocenters. The monoisotopic (exact) mass is 285 g/mol. The van der Waals surface area contributed by atoms with Gasteiger partial charge in [-0.25, -0.2) is 0 Å². The van der Waals surface area contributed by atoms with Crippen molar-refractivity contribution in [1.29, 1.82) is 0 Å². The molecule has 4 heteroatoms. The molecule has 0 amide bonds. The number of nitrogens with zero attached hydrogens (tertiary/aromatic N) is 1. The van der Waals surface area contributed by atoms with Gasteiger partial charge in [-0.3, -0.25) is 0 Å². The van der Waals surface area contributed by atoms with Crippen LogP contribution in [0.5, 0.6) is 11.5 Å².